The van der Waals surface area contributed by atoms with Gasteiger partial charge in [0.25, 0.3) is 5.91 Å². The largest absolute Gasteiger partial charge is 0.495 e. The monoisotopic (exact) mass is 379 g/mol. The second kappa shape index (κ2) is 6.74. The number of nitrogens with zero attached hydrogens (tertiary/aromatic N) is 1. The number of carbonyl (C=O) groups excluding carboxylic acids is 1. The summed E-state index contributed by atoms with van der Waals surface area (Å²) in [5.41, 5.74) is 5.16. The van der Waals surface area contributed by atoms with Crippen LogP contribution in [0.4, 0.5) is 5.69 Å². The van der Waals surface area contributed by atoms with Crippen LogP contribution in [0.2, 0.25) is 0 Å². The molecule has 0 saturated carbocycles. The van der Waals surface area contributed by atoms with Gasteiger partial charge in [0, 0.05) is 23.1 Å². The molecule has 3 aromatic rings. The third-order valence-corrected chi connectivity index (χ3v) is 6.05. The van der Waals surface area contributed by atoms with E-state index in [0.717, 1.165) is 38.6 Å². The lowest BCUT2D eigenvalue weighted by molar-refractivity contribution is 0.0996. The average Bonchev–Trinajstić information content (AvgIpc) is 3.11. The predicted octanol–water partition coefficient (Wildman–Crippen LogP) is 5.21. The lowest BCUT2D eigenvalue weighted by Gasteiger charge is -2.20. The lowest BCUT2D eigenvalue weighted by atomic mass is 10.0. The third-order valence-electron chi connectivity index (χ3n) is 4.86. The van der Waals surface area contributed by atoms with Gasteiger partial charge in [-0.25, -0.2) is 0 Å². The van der Waals surface area contributed by atoms with Crippen molar-refractivity contribution < 1.29 is 14.3 Å². The van der Waals surface area contributed by atoms with Gasteiger partial charge >= 0.3 is 0 Å². The number of hydrogen-bond acceptors (Lipinski definition) is 4. The van der Waals surface area contributed by atoms with Crippen molar-refractivity contribution in [1.29, 1.82) is 0 Å². The van der Waals surface area contributed by atoms with Crippen molar-refractivity contribution in [2.45, 2.75) is 20.5 Å². The number of hydrogen-bond donors (Lipinski definition) is 0. The Morgan fingerprint density at radius 3 is 2.78 bits per heavy atom. The number of rotatable bonds is 3. The van der Waals surface area contributed by atoms with Crippen LogP contribution in [0.15, 0.2) is 42.5 Å². The van der Waals surface area contributed by atoms with Gasteiger partial charge < -0.3 is 14.4 Å². The normalized spacial score (nSPS) is 12.0. The fourth-order valence-electron chi connectivity index (χ4n) is 3.40. The van der Waals surface area contributed by atoms with Crippen molar-refractivity contribution in [1.82, 2.24) is 0 Å². The number of thiophene rings is 1. The van der Waals surface area contributed by atoms with Crippen LogP contribution >= 0.6 is 11.3 Å². The van der Waals surface area contributed by atoms with Crippen molar-refractivity contribution in [3.8, 4) is 21.9 Å². The molecule has 2 heterocycles. The van der Waals surface area contributed by atoms with Crippen LogP contribution in [0, 0.1) is 13.8 Å². The van der Waals surface area contributed by atoms with E-state index in [2.05, 4.69) is 13.0 Å². The van der Waals surface area contributed by atoms with Crippen molar-refractivity contribution in [3.63, 3.8) is 0 Å². The smallest absolute Gasteiger partial charge is 0.268 e. The first-order valence-corrected chi connectivity index (χ1v) is 9.59. The Hall–Kier alpha value is -2.79. The van der Waals surface area contributed by atoms with Crippen LogP contribution in [-0.2, 0) is 6.61 Å². The molecule has 0 aliphatic carbocycles. The van der Waals surface area contributed by atoms with Gasteiger partial charge in [-0.2, -0.15) is 0 Å². The molecule has 0 spiro atoms. The Morgan fingerprint density at radius 2 is 2.00 bits per heavy atom. The molecule has 5 heteroatoms. The topological polar surface area (TPSA) is 38.8 Å². The number of methoxy groups -OCH3 is 1. The van der Waals surface area contributed by atoms with Crippen LogP contribution in [0.25, 0.3) is 10.4 Å². The molecule has 1 aliphatic heterocycles. The van der Waals surface area contributed by atoms with Gasteiger partial charge in [-0.3, -0.25) is 4.79 Å². The summed E-state index contributed by atoms with van der Waals surface area (Å²) in [5, 5.41) is 0. The molecule has 0 N–H and O–H groups in total. The maximum atomic E-state index is 13.2. The van der Waals surface area contributed by atoms with Crippen molar-refractivity contribution in [2.24, 2.45) is 0 Å². The zero-order valence-corrected chi connectivity index (χ0v) is 16.6. The van der Waals surface area contributed by atoms with Crippen molar-refractivity contribution in [2.75, 3.05) is 19.1 Å². The molecule has 1 aliphatic rings. The van der Waals surface area contributed by atoms with Gasteiger partial charge in [0.2, 0.25) is 0 Å². The van der Waals surface area contributed by atoms with Crippen molar-refractivity contribution >= 4 is 22.9 Å². The number of ether oxygens (including phenoxy) is 2. The zero-order chi connectivity index (χ0) is 19.1. The Balaban J connectivity index is 1.73. The second-order valence-electron chi connectivity index (χ2n) is 6.74. The number of benzene rings is 2. The lowest BCUT2D eigenvalue weighted by Crippen LogP contribution is -2.26. The summed E-state index contributed by atoms with van der Waals surface area (Å²) in [4.78, 5) is 16.7. The van der Waals surface area contributed by atoms with Crippen molar-refractivity contribution in [3.05, 3.63) is 64.0 Å². The molecule has 0 fully saturated rings. The van der Waals surface area contributed by atoms with E-state index in [1.807, 2.05) is 43.3 Å². The van der Waals surface area contributed by atoms with E-state index >= 15 is 0 Å². The number of carbonyl (C=O) groups is 1. The Kier molecular flexibility index (Phi) is 4.40. The van der Waals surface area contributed by atoms with Crippen LogP contribution < -0.4 is 14.4 Å². The zero-order valence-electron chi connectivity index (χ0n) is 15.8. The molecule has 0 bridgehead atoms. The average molecular weight is 379 g/mol. The predicted molar refractivity (Wildman–Crippen MR) is 109 cm³/mol. The SMILES string of the molecule is COc1ccc(C)cc1N(C)C(=O)c1cc2c(s1)-c1c(C)cccc1OC2. The maximum absolute atomic E-state index is 13.2. The highest BCUT2D eigenvalue weighted by molar-refractivity contribution is 7.17. The Morgan fingerprint density at radius 1 is 1.19 bits per heavy atom. The fraction of sp³-hybridized carbons (Fsp3) is 0.227. The highest BCUT2D eigenvalue weighted by Gasteiger charge is 2.26. The van der Waals surface area contributed by atoms with Gasteiger partial charge in [0.15, 0.2) is 0 Å². The first kappa shape index (κ1) is 17.6. The molecule has 27 heavy (non-hydrogen) atoms. The van der Waals surface area contributed by atoms with E-state index in [4.69, 9.17) is 9.47 Å². The van der Waals surface area contributed by atoms with E-state index < -0.39 is 0 Å². The van der Waals surface area contributed by atoms with Crippen LogP contribution in [0.3, 0.4) is 0 Å². The third kappa shape index (κ3) is 2.98. The molecular weight excluding hydrogens is 358 g/mol. The molecule has 4 rings (SSSR count). The molecule has 0 radical (unpaired) electrons. The quantitative estimate of drug-likeness (QED) is 0.627. The first-order chi connectivity index (χ1) is 13.0. The number of aryl methyl sites for hydroxylation is 2. The van der Waals surface area contributed by atoms with Gasteiger partial charge in [0.1, 0.15) is 18.1 Å². The van der Waals surface area contributed by atoms with Gasteiger partial charge in [-0.15, -0.1) is 11.3 Å². The molecule has 4 nitrogen and oxygen atoms in total. The van der Waals surface area contributed by atoms with E-state index in [-0.39, 0.29) is 5.91 Å². The highest BCUT2D eigenvalue weighted by atomic mass is 32.1. The minimum absolute atomic E-state index is 0.0477. The summed E-state index contributed by atoms with van der Waals surface area (Å²) >= 11 is 1.53. The van der Waals surface area contributed by atoms with Crippen LogP contribution in [-0.4, -0.2) is 20.1 Å². The number of fused-ring (bicyclic) bond motifs is 3. The molecule has 0 saturated heterocycles. The van der Waals surface area contributed by atoms with E-state index in [1.165, 1.54) is 11.3 Å². The standard InChI is InChI=1S/C22H21NO3S/c1-13-8-9-17(25-4)16(10-13)23(3)22(24)19-11-15-12-26-18-7-5-6-14(2)20(18)21(15)27-19/h5-11H,12H2,1-4H3. The van der Waals surface area contributed by atoms with E-state index in [9.17, 15) is 4.79 Å². The summed E-state index contributed by atoms with van der Waals surface area (Å²) in [6.45, 7) is 4.57. The van der Waals surface area contributed by atoms with E-state index in [1.54, 1.807) is 19.1 Å². The summed E-state index contributed by atoms with van der Waals surface area (Å²) in [6, 6.07) is 13.8. The fourth-order valence-corrected chi connectivity index (χ4v) is 4.66. The Labute approximate surface area is 163 Å². The summed E-state index contributed by atoms with van der Waals surface area (Å²) in [7, 11) is 3.40. The maximum Gasteiger partial charge on any atom is 0.268 e. The Bertz CT molecular complexity index is 1040. The summed E-state index contributed by atoms with van der Waals surface area (Å²) < 4.78 is 11.3. The summed E-state index contributed by atoms with van der Waals surface area (Å²) in [6.07, 6.45) is 0. The number of amides is 1. The van der Waals surface area contributed by atoms with Crippen LogP contribution in [0.5, 0.6) is 11.5 Å². The molecule has 2 aromatic carbocycles. The van der Waals surface area contributed by atoms with Gasteiger partial charge in [0.05, 0.1) is 17.7 Å². The second-order valence-corrected chi connectivity index (χ2v) is 7.79. The molecule has 1 amide bonds. The molecule has 1 aromatic heterocycles. The highest BCUT2D eigenvalue weighted by Crippen LogP contribution is 2.44. The molecule has 0 atom stereocenters. The van der Waals surface area contributed by atoms with E-state index in [0.29, 0.717) is 17.2 Å². The minimum Gasteiger partial charge on any atom is -0.495 e. The van der Waals surface area contributed by atoms with Gasteiger partial charge in [-0.05, 0) is 49.2 Å². The minimum atomic E-state index is -0.0477. The number of anilines is 1. The van der Waals surface area contributed by atoms with Crippen LogP contribution in [0.1, 0.15) is 26.4 Å². The molecule has 0 unspecified atom stereocenters. The first-order valence-electron chi connectivity index (χ1n) is 8.77. The molecular formula is C22H21NO3S. The van der Waals surface area contributed by atoms with Gasteiger partial charge in [-0.1, -0.05) is 18.2 Å². The summed E-state index contributed by atoms with van der Waals surface area (Å²) in [5.74, 6) is 1.52. The molecule has 138 valence electrons.